The minimum atomic E-state index is -0.241. The van der Waals surface area contributed by atoms with E-state index < -0.39 is 0 Å². The van der Waals surface area contributed by atoms with E-state index >= 15 is 0 Å². The maximum absolute atomic E-state index is 13.5. The second-order valence-corrected chi connectivity index (χ2v) is 5.64. The fourth-order valence-corrected chi connectivity index (χ4v) is 2.90. The summed E-state index contributed by atoms with van der Waals surface area (Å²) in [6, 6.07) is 4.63. The Labute approximate surface area is 119 Å². The number of halogens is 2. The Morgan fingerprint density at radius 1 is 1.53 bits per heavy atom. The van der Waals surface area contributed by atoms with E-state index in [4.69, 9.17) is 16.3 Å². The molecule has 1 aliphatic rings. The third-order valence-electron chi connectivity index (χ3n) is 3.61. The third-order valence-corrected chi connectivity index (χ3v) is 3.95. The second kappa shape index (κ2) is 6.69. The van der Waals surface area contributed by atoms with Crippen molar-refractivity contribution in [3.8, 4) is 0 Å². The van der Waals surface area contributed by atoms with E-state index in [1.165, 1.54) is 6.07 Å². The van der Waals surface area contributed by atoms with Gasteiger partial charge < -0.3 is 10.1 Å². The summed E-state index contributed by atoms with van der Waals surface area (Å²) in [6.07, 6.45) is 2.28. The normalized spacial score (nSPS) is 24.6. The van der Waals surface area contributed by atoms with Crippen molar-refractivity contribution in [2.45, 2.75) is 38.8 Å². The Bertz CT molecular complexity index is 427. The highest BCUT2D eigenvalue weighted by molar-refractivity contribution is 6.31. The first-order chi connectivity index (χ1) is 9.11. The first kappa shape index (κ1) is 14.8. The number of ether oxygens (including phenoxy) is 1. The molecule has 0 aliphatic carbocycles. The molecular formula is C15H21ClFNO. The van der Waals surface area contributed by atoms with Gasteiger partial charge in [0.15, 0.2) is 0 Å². The van der Waals surface area contributed by atoms with Crippen molar-refractivity contribution in [2.24, 2.45) is 5.92 Å². The predicted octanol–water partition coefficient (Wildman–Crippen LogP) is 3.94. The van der Waals surface area contributed by atoms with E-state index in [0.29, 0.717) is 17.5 Å². The molecule has 2 nitrogen and oxygen atoms in total. The Hall–Kier alpha value is -0.640. The largest absolute Gasteiger partial charge is 0.378 e. The Morgan fingerprint density at radius 2 is 2.32 bits per heavy atom. The molecule has 2 rings (SSSR count). The molecule has 1 aromatic carbocycles. The lowest BCUT2D eigenvalue weighted by atomic mass is 9.90. The molecule has 1 aliphatic heterocycles. The summed E-state index contributed by atoms with van der Waals surface area (Å²) in [5, 5.41) is 4.11. The number of hydrogen-bond donors (Lipinski definition) is 1. The van der Waals surface area contributed by atoms with Crippen molar-refractivity contribution in [3.63, 3.8) is 0 Å². The molecule has 0 radical (unpaired) electrons. The van der Waals surface area contributed by atoms with Crippen LogP contribution in [0.2, 0.25) is 5.02 Å². The van der Waals surface area contributed by atoms with Crippen LogP contribution >= 0.6 is 11.6 Å². The highest BCUT2D eigenvalue weighted by Crippen LogP contribution is 2.35. The summed E-state index contributed by atoms with van der Waals surface area (Å²) in [6.45, 7) is 5.78. The van der Waals surface area contributed by atoms with Gasteiger partial charge in [0, 0.05) is 17.0 Å². The highest BCUT2D eigenvalue weighted by atomic mass is 35.5. The van der Waals surface area contributed by atoms with E-state index in [0.717, 1.165) is 24.9 Å². The molecule has 1 aromatic rings. The second-order valence-electron chi connectivity index (χ2n) is 5.24. The zero-order valence-corrected chi connectivity index (χ0v) is 12.2. The van der Waals surface area contributed by atoms with Crippen LogP contribution in [0, 0.1) is 11.7 Å². The van der Waals surface area contributed by atoms with Crippen LogP contribution in [0.1, 0.15) is 38.3 Å². The summed E-state index contributed by atoms with van der Waals surface area (Å²) in [4.78, 5) is 0. The zero-order valence-electron chi connectivity index (χ0n) is 11.5. The molecule has 0 bridgehead atoms. The molecule has 3 atom stereocenters. The van der Waals surface area contributed by atoms with Crippen LogP contribution < -0.4 is 5.32 Å². The van der Waals surface area contributed by atoms with Crippen molar-refractivity contribution in [3.05, 3.63) is 34.6 Å². The molecule has 3 unspecified atom stereocenters. The summed E-state index contributed by atoms with van der Waals surface area (Å²) < 4.78 is 19.1. The van der Waals surface area contributed by atoms with Gasteiger partial charge in [0.2, 0.25) is 0 Å². The van der Waals surface area contributed by atoms with E-state index in [1.807, 2.05) is 0 Å². The van der Waals surface area contributed by atoms with Crippen LogP contribution in [0.25, 0.3) is 0 Å². The van der Waals surface area contributed by atoms with Crippen LogP contribution in [0.5, 0.6) is 0 Å². The Balaban J connectivity index is 2.23. The molecule has 1 N–H and O–H groups in total. The molecule has 0 spiro atoms. The molecule has 1 fully saturated rings. The lowest BCUT2D eigenvalue weighted by molar-refractivity contribution is 0.117. The van der Waals surface area contributed by atoms with E-state index in [1.54, 1.807) is 12.1 Å². The number of hydrogen-bond acceptors (Lipinski definition) is 2. The van der Waals surface area contributed by atoms with Gasteiger partial charge in [0.05, 0.1) is 12.7 Å². The summed E-state index contributed by atoms with van der Waals surface area (Å²) in [7, 11) is 0. The minimum Gasteiger partial charge on any atom is -0.378 e. The lowest BCUT2D eigenvalue weighted by Gasteiger charge is -2.25. The lowest BCUT2D eigenvalue weighted by Crippen LogP contribution is -2.29. The van der Waals surface area contributed by atoms with Gasteiger partial charge >= 0.3 is 0 Å². The molecule has 0 aromatic heterocycles. The van der Waals surface area contributed by atoms with Gasteiger partial charge in [-0.2, -0.15) is 0 Å². The monoisotopic (exact) mass is 285 g/mol. The molecule has 0 saturated carbocycles. The predicted molar refractivity (Wildman–Crippen MR) is 76.0 cm³/mol. The van der Waals surface area contributed by atoms with Crippen molar-refractivity contribution >= 4 is 11.6 Å². The molecule has 0 amide bonds. The maximum Gasteiger partial charge on any atom is 0.123 e. The van der Waals surface area contributed by atoms with Crippen molar-refractivity contribution in [1.82, 2.24) is 5.32 Å². The van der Waals surface area contributed by atoms with Crippen molar-refractivity contribution < 1.29 is 9.13 Å². The standard InChI is InChI=1S/C15H21ClFNO/c1-3-6-18-15(11-7-10(2)19-9-11)13-8-12(17)4-5-14(13)16/h4-5,8,10-11,15,18H,3,6-7,9H2,1-2H3. The summed E-state index contributed by atoms with van der Waals surface area (Å²) >= 11 is 6.24. The van der Waals surface area contributed by atoms with Gasteiger partial charge in [0.1, 0.15) is 5.82 Å². The summed E-state index contributed by atoms with van der Waals surface area (Å²) in [5.41, 5.74) is 0.845. The molecule has 106 valence electrons. The van der Waals surface area contributed by atoms with Gasteiger partial charge in [-0.15, -0.1) is 0 Å². The average Bonchev–Trinajstić information content (AvgIpc) is 2.80. The first-order valence-electron chi connectivity index (χ1n) is 6.91. The number of benzene rings is 1. The van der Waals surface area contributed by atoms with Gasteiger partial charge in [-0.05, 0) is 50.1 Å². The van der Waals surface area contributed by atoms with Gasteiger partial charge in [0.25, 0.3) is 0 Å². The minimum absolute atomic E-state index is 0.0631. The highest BCUT2D eigenvalue weighted by Gasteiger charge is 2.31. The smallest absolute Gasteiger partial charge is 0.123 e. The molecule has 19 heavy (non-hydrogen) atoms. The van der Waals surface area contributed by atoms with Crippen LogP contribution in [-0.2, 0) is 4.74 Å². The average molecular weight is 286 g/mol. The Morgan fingerprint density at radius 3 is 2.95 bits per heavy atom. The zero-order chi connectivity index (χ0) is 13.8. The third kappa shape index (κ3) is 3.68. The van der Waals surface area contributed by atoms with Crippen molar-refractivity contribution in [2.75, 3.05) is 13.2 Å². The Kier molecular flexibility index (Phi) is 5.20. The van der Waals surface area contributed by atoms with Crippen LogP contribution in [0.15, 0.2) is 18.2 Å². The van der Waals surface area contributed by atoms with E-state index in [-0.39, 0.29) is 18.0 Å². The molecular weight excluding hydrogens is 265 g/mol. The quantitative estimate of drug-likeness (QED) is 0.885. The maximum atomic E-state index is 13.5. The van der Waals surface area contributed by atoms with Crippen molar-refractivity contribution in [1.29, 1.82) is 0 Å². The molecule has 1 heterocycles. The topological polar surface area (TPSA) is 21.3 Å². The van der Waals surface area contributed by atoms with Crippen LogP contribution in [0.3, 0.4) is 0 Å². The number of rotatable bonds is 5. The molecule has 4 heteroatoms. The van der Waals surface area contributed by atoms with E-state index in [9.17, 15) is 4.39 Å². The molecule has 1 saturated heterocycles. The van der Waals surface area contributed by atoms with Gasteiger partial charge in [-0.25, -0.2) is 4.39 Å². The van der Waals surface area contributed by atoms with Gasteiger partial charge in [-0.3, -0.25) is 0 Å². The van der Waals surface area contributed by atoms with Crippen LogP contribution in [0.4, 0.5) is 4.39 Å². The fourth-order valence-electron chi connectivity index (χ4n) is 2.67. The fraction of sp³-hybridized carbons (Fsp3) is 0.600. The van der Waals surface area contributed by atoms with Gasteiger partial charge in [-0.1, -0.05) is 18.5 Å². The first-order valence-corrected chi connectivity index (χ1v) is 7.29. The van der Waals surface area contributed by atoms with Crippen LogP contribution in [-0.4, -0.2) is 19.3 Å². The van der Waals surface area contributed by atoms with E-state index in [2.05, 4.69) is 19.2 Å². The number of nitrogens with one attached hydrogen (secondary N) is 1. The SMILES string of the molecule is CCCNC(c1cc(F)ccc1Cl)C1COC(C)C1. The summed E-state index contributed by atoms with van der Waals surface area (Å²) in [5.74, 6) is 0.107.